The molecule has 0 aromatic heterocycles. The Balaban J connectivity index is 1.50. The molecule has 2 aromatic rings. The molecule has 7 nitrogen and oxygen atoms in total. The Morgan fingerprint density at radius 3 is 2.72 bits per heavy atom. The van der Waals surface area contributed by atoms with Crippen LogP contribution in [0.3, 0.4) is 0 Å². The molecule has 1 fully saturated rings. The third kappa shape index (κ3) is 4.41. The van der Waals surface area contributed by atoms with Crippen molar-refractivity contribution in [3.05, 3.63) is 54.1 Å². The Morgan fingerprint density at radius 1 is 1.20 bits per heavy atom. The average molecular weight is 340 g/mol. The molecule has 2 aromatic carbocycles. The molecule has 25 heavy (non-hydrogen) atoms. The van der Waals surface area contributed by atoms with E-state index < -0.39 is 0 Å². The molecule has 0 bridgehead atoms. The highest BCUT2D eigenvalue weighted by Crippen LogP contribution is 2.20. The van der Waals surface area contributed by atoms with E-state index in [1.165, 1.54) is 0 Å². The van der Waals surface area contributed by atoms with Crippen LogP contribution in [0.1, 0.15) is 5.56 Å². The van der Waals surface area contributed by atoms with Gasteiger partial charge in [-0.1, -0.05) is 18.2 Å². The van der Waals surface area contributed by atoms with Gasteiger partial charge in [0.25, 0.3) is 0 Å². The fourth-order valence-corrected chi connectivity index (χ4v) is 2.63. The highest BCUT2D eigenvalue weighted by atomic mass is 16.3. The summed E-state index contributed by atoms with van der Waals surface area (Å²) in [6, 6.07) is 13.6. The minimum atomic E-state index is -0.304. The molecule has 0 aliphatic carbocycles. The lowest BCUT2D eigenvalue weighted by Crippen LogP contribution is -2.31. The number of carbonyl (C=O) groups is 2. The summed E-state index contributed by atoms with van der Waals surface area (Å²) in [6.07, 6.45) is 0.668. The summed E-state index contributed by atoms with van der Waals surface area (Å²) in [5.74, 6) is 0.223. The van der Waals surface area contributed by atoms with Crippen LogP contribution in [0.25, 0.3) is 0 Å². The van der Waals surface area contributed by atoms with E-state index in [0.717, 1.165) is 11.3 Å². The van der Waals surface area contributed by atoms with Crippen LogP contribution in [0.2, 0.25) is 0 Å². The van der Waals surface area contributed by atoms with Gasteiger partial charge in [-0.15, -0.1) is 0 Å². The van der Waals surface area contributed by atoms with Gasteiger partial charge in [0.2, 0.25) is 0 Å². The Morgan fingerprint density at radius 2 is 2.00 bits per heavy atom. The lowest BCUT2D eigenvalue weighted by atomic mass is 10.1. The second kappa shape index (κ2) is 7.57. The fraction of sp³-hybridized carbons (Fsp3) is 0.222. The molecule has 7 heteroatoms. The number of phenols is 1. The fourth-order valence-electron chi connectivity index (χ4n) is 2.63. The van der Waals surface area contributed by atoms with Crippen molar-refractivity contribution in [3.63, 3.8) is 0 Å². The first-order valence-electron chi connectivity index (χ1n) is 8.10. The van der Waals surface area contributed by atoms with Crippen molar-refractivity contribution >= 4 is 23.4 Å². The number of nitrogens with one attached hydrogen (secondary N) is 3. The number of benzene rings is 2. The maximum absolute atomic E-state index is 12.0. The van der Waals surface area contributed by atoms with E-state index >= 15 is 0 Å². The third-order valence-electron chi connectivity index (χ3n) is 3.91. The second-order valence-corrected chi connectivity index (χ2v) is 5.73. The lowest BCUT2D eigenvalue weighted by molar-refractivity contribution is 0.251. The average Bonchev–Trinajstić information content (AvgIpc) is 3.03. The topological polar surface area (TPSA) is 93.7 Å². The highest BCUT2D eigenvalue weighted by Gasteiger charge is 2.21. The molecule has 4 N–H and O–H groups in total. The quantitative estimate of drug-likeness (QED) is 0.673. The van der Waals surface area contributed by atoms with Crippen LogP contribution >= 0.6 is 0 Å². The number of aromatic hydroxyl groups is 1. The minimum absolute atomic E-state index is 0.129. The predicted molar refractivity (Wildman–Crippen MR) is 96.0 cm³/mol. The van der Waals surface area contributed by atoms with Gasteiger partial charge in [-0.25, -0.2) is 9.59 Å². The number of carbonyl (C=O) groups excluding carboxylic acids is 2. The van der Waals surface area contributed by atoms with Crippen LogP contribution in [-0.4, -0.2) is 36.8 Å². The van der Waals surface area contributed by atoms with Crippen LogP contribution in [-0.2, 0) is 6.42 Å². The molecular weight excluding hydrogens is 320 g/mol. The predicted octanol–water partition coefficient (Wildman–Crippen LogP) is 2.29. The van der Waals surface area contributed by atoms with E-state index in [2.05, 4.69) is 16.0 Å². The summed E-state index contributed by atoms with van der Waals surface area (Å²) < 4.78 is 0. The van der Waals surface area contributed by atoms with Gasteiger partial charge in [0.05, 0.1) is 0 Å². The summed E-state index contributed by atoms with van der Waals surface area (Å²) in [5.41, 5.74) is 2.40. The second-order valence-electron chi connectivity index (χ2n) is 5.73. The number of nitrogens with zero attached hydrogens (tertiary/aromatic N) is 1. The van der Waals surface area contributed by atoms with Gasteiger partial charge in [-0.2, -0.15) is 0 Å². The van der Waals surface area contributed by atoms with Gasteiger partial charge < -0.3 is 21.1 Å². The lowest BCUT2D eigenvalue weighted by Gasteiger charge is -2.15. The monoisotopic (exact) mass is 340 g/mol. The number of anilines is 2. The number of urea groups is 2. The summed E-state index contributed by atoms with van der Waals surface area (Å²) in [7, 11) is 0. The van der Waals surface area contributed by atoms with E-state index in [1.807, 2.05) is 18.2 Å². The van der Waals surface area contributed by atoms with E-state index in [0.29, 0.717) is 31.7 Å². The summed E-state index contributed by atoms with van der Waals surface area (Å²) in [6.45, 7) is 1.71. The van der Waals surface area contributed by atoms with Crippen molar-refractivity contribution in [2.24, 2.45) is 0 Å². The molecule has 4 amide bonds. The molecule has 0 spiro atoms. The van der Waals surface area contributed by atoms with Gasteiger partial charge in [0, 0.05) is 31.0 Å². The molecule has 1 aliphatic rings. The Bertz CT molecular complexity index is 761. The van der Waals surface area contributed by atoms with Crippen molar-refractivity contribution in [1.29, 1.82) is 0 Å². The zero-order valence-corrected chi connectivity index (χ0v) is 13.7. The van der Waals surface area contributed by atoms with Gasteiger partial charge in [-0.05, 0) is 42.3 Å². The molecule has 0 atom stereocenters. The normalized spacial score (nSPS) is 13.4. The van der Waals surface area contributed by atoms with Gasteiger partial charge in [-0.3, -0.25) is 4.90 Å². The van der Waals surface area contributed by atoms with Crippen molar-refractivity contribution in [3.8, 4) is 5.75 Å². The molecule has 1 aliphatic heterocycles. The zero-order valence-electron chi connectivity index (χ0n) is 13.7. The molecule has 0 saturated carbocycles. The van der Waals surface area contributed by atoms with Crippen molar-refractivity contribution in [2.75, 3.05) is 29.9 Å². The number of hydrogen-bond donors (Lipinski definition) is 4. The maximum Gasteiger partial charge on any atom is 0.321 e. The first kappa shape index (κ1) is 16.6. The van der Waals surface area contributed by atoms with Crippen molar-refractivity contribution in [1.82, 2.24) is 10.6 Å². The Hall–Kier alpha value is -3.22. The molecule has 1 saturated heterocycles. The van der Waals surface area contributed by atoms with Gasteiger partial charge >= 0.3 is 12.1 Å². The van der Waals surface area contributed by atoms with Crippen LogP contribution in [0.15, 0.2) is 48.5 Å². The van der Waals surface area contributed by atoms with Gasteiger partial charge in [0.15, 0.2) is 0 Å². The molecular formula is C18H20N4O3. The smallest absolute Gasteiger partial charge is 0.321 e. The van der Waals surface area contributed by atoms with E-state index in [-0.39, 0.29) is 17.8 Å². The number of phenolic OH excluding ortho intramolecular Hbond substituents is 1. The SMILES string of the molecule is O=C(NCCc1ccc(O)cc1)Nc1cccc(N2CCNC2=O)c1. The summed E-state index contributed by atoms with van der Waals surface area (Å²) in [5, 5.41) is 17.5. The first-order chi connectivity index (χ1) is 12.1. The molecule has 0 unspecified atom stereocenters. The summed E-state index contributed by atoms with van der Waals surface area (Å²) >= 11 is 0. The standard InChI is InChI=1S/C18H20N4O3/c23-16-6-4-13(5-7-16)8-9-19-17(24)21-14-2-1-3-15(12-14)22-11-10-20-18(22)25/h1-7,12,23H,8-11H2,(H,20,25)(H2,19,21,24). The zero-order chi connectivity index (χ0) is 17.6. The number of hydrogen-bond acceptors (Lipinski definition) is 3. The molecule has 1 heterocycles. The van der Waals surface area contributed by atoms with E-state index in [9.17, 15) is 14.7 Å². The first-order valence-corrected chi connectivity index (χ1v) is 8.10. The Labute approximate surface area is 145 Å². The molecule has 0 radical (unpaired) electrons. The van der Waals surface area contributed by atoms with E-state index in [1.54, 1.807) is 35.2 Å². The van der Waals surface area contributed by atoms with E-state index in [4.69, 9.17) is 0 Å². The third-order valence-corrected chi connectivity index (χ3v) is 3.91. The number of amides is 4. The Kier molecular flexibility index (Phi) is 5.03. The molecule has 130 valence electrons. The maximum atomic E-state index is 12.0. The molecule has 3 rings (SSSR count). The van der Waals surface area contributed by atoms with Crippen molar-refractivity contribution < 1.29 is 14.7 Å². The van der Waals surface area contributed by atoms with Crippen LogP contribution in [0, 0.1) is 0 Å². The van der Waals surface area contributed by atoms with Crippen LogP contribution < -0.4 is 20.9 Å². The minimum Gasteiger partial charge on any atom is -0.508 e. The van der Waals surface area contributed by atoms with Crippen LogP contribution in [0.4, 0.5) is 21.0 Å². The van der Waals surface area contributed by atoms with Gasteiger partial charge in [0.1, 0.15) is 5.75 Å². The summed E-state index contributed by atoms with van der Waals surface area (Å²) in [4.78, 5) is 25.3. The largest absolute Gasteiger partial charge is 0.508 e. The highest BCUT2D eigenvalue weighted by molar-refractivity contribution is 5.95. The van der Waals surface area contributed by atoms with Crippen LogP contribution in [0.5, 0.6) is 5.75 Å². The van der Waals surface area contributed by atoms with Crippen molar-refractivity contribution in [2.45, 2.75) is 6.42 Å². The number of rotatable bonds is 5.